The van der Waals surface area contributed by atoms with Gasteiger partial charge in [-0.25, -0.2) is 4.98 Å². The van der Waals surface area contributed by atoms with Gasteiger partial charge in [-0.3, -0.25) is 4.79 Å². The third kappa shape index (κ3) is 3.09. The minimum Gasteiger partial charge on any atom is -0.492 e. The molecule has 0 unspecified atom stereocenters. The zero-order valence-corrected chi connectivity index (χ0v) is 12.3. The van der Waals surface area contributed by atoms with E-state index in [4.69, 9.17) is 4.74 Å². The van der Waals surface area contributed by atoms with Gasteiger partial charge in [-0.15, -0.1) is 0 Å². The molecule has 112 valence electrons. The molecule has 0 atom stereocenters. The van der Waals surface area contributed by atoms with Crippen LogP contribution in [0.1, 0.15) is 23.0 Å². The topological polar surface area (TPSA) is 67.0 Å². The van der Waals surface area contributed by atoms with Gasteiger partial charge in [0.25, 0.3) is 5.91 Å². The van der Waals surface area contributed by atoms with Crippen LogP contribution in [-0.4, -0.2) is 22.5 Å². The summed E-state index contributed by atoms with van der Waals surface area (Å²) in [5.74, 6) is 0.464. The quantitative estimate of drug-likeness (QED) is 0.760. The number of nitrogens with zero attached hydrogens (tertiary/aromatic N) is 1. The van der Waals surface area contributed by atoms with Crippen molar-refractivity contribution >= 4 is 16.8 Å². The molecule has 5 nitrogen and oxygen atoms in total. The molecule has 2 heterocycles. The number of hydrogen-bond donors (Lipinski definition) is 2. The first-order valence-corrected chi connectivity index (χ1v) is 7.19. The maximum atomic E-state index is 12.1. The molecular weight excluding hydrogens is 278 g/mol. The van der Waals surface area contributed by atoms with Gasteiger partial charge in [-0.05, 0) is 42.1 Å². The number of hydrogen-bond acceptors (Lipinski definition) is 3. The summed E-state index contributed by atoms with van der Waals surface area (Å²) in [7, 11) is 0. The Morgan fingerprint density at radius 2 is 2.18 bits per heavy atom. The lowest BCUT2D eigenvalue weighted by atomic mass is 10.1. The van der Waals surface area contributed by atoms with Crippen LogP contribution in [0.5, 0.6) is 5.75 Å². The van der Waals surface area contributed by atoms with Crippen molar-refractivity contribution in [3.63, 3.8) is 0 Å². The number of nitrogens with one attached hydrogen (secondary N) is 2. The number of rotatable bonds is 5. The van der Waals surface area contributed by atoms with E-state index >= 15 is 0 Å². The lowest BCUT2D eigenvalue weighted by molar-refractivity contribution is 0.0946. The molecule has 1 aromatic carbocycles. The van der Waals surface area contributed by atoms with Crippen LogP contribution in [0.2, 0.25) is 0 Å². The van der Waals surface area contributed by atoms with Gasteiger partial charge in [-0.1, -0.05) is 12.1 Å². The lowest BCUT2D eigenvalue weighted by Gasteiger charge is -2.06. The van der Waals surface area contributed by atoms with Gasteiger partial charge in [0.05, 0.1) is 12.8 Å². The summed E-state index contributed by atoms with van der Waals surface area (Å²) in [4.78, 5) is 19.3. The number of aromatic amines is 1. The summed E-state index contributed by atoms with van der Waals surface area (Å²) in [5.41, 5.74) is 2.48. The third-order valence-electron chi connectivity index (χ3n) is 3.35. The number of pyridine rings is 1. The summed E-state index contributed by atoms with van der Waals surface area (Å²) in [6, 6.07) is 11.5. The van der Waals surface area contributed by atoms with Crippen LogP contribution in [0, 0.1) is 0 Å². The van der Waals surface area contributed by atoms with Crippen molar-refractivity contribution < 1.29 is 9.53 Å². The van der Waals surface area contributed by atoms with Gasteiger partial charge in [0.1, 0.15) is 11.4 Å². The predicted molar refractivity (Wildman–Crippen MR) is 84.9 cm³/mol. The fraction of sp³-hybridized carbons (Fsp3) is 0.176. The average Bonchev–Trinajstić information content (AvgIpc) is 3.01. The number of carbonyl (C=O) groups excluding carboxylic acids is 1. The van der Waals surface area contributed by atoms with Crippen LogP contribution in [-0.2, 0) is 6.54 Å². The molecule has 0 fully saturated rings. The first kappa shape index (κ1) is 14.1. The molecule has 2 N–H and O–H groups in total. The standard InChI is InChI=1S/C17H17N3O2/c1-2-22-14-5-6-15(19-11-14)17(21)20-10-12-3-4-13-7-8-18-16(13)9-12/h3-9,11,18H,2,10H2,1H3,(H,20,21). The highest BCUT2D eigenvalue weighted by Gasteiger charge is 2.07. The van der Waals surface area contributed by atoms with E-state index < -0.39 is 0 Å². The summed E-state index contributed by atoms with van der Waals surface area (Å²) in [5, 5.41) is 4.02. The van der Waals surface area contributed by atoms with Crippen molar-refractivity contribution in [2.24, 2.45) is 0 Å². The van der Waals surface area contributed by atoms with E-state index in [2.05, 4.69) is 15.3 Å². The second-order valence-corrected chi connectivity index (χ2v) is 4.89. The van der Waals surface area contributed by atoms with E-state index in [0.717, 1.165) is 16.5 Å². The predicted octanol–water partition coefficient (Wildman–Crippen LogP) is 2.89. The maximum absolute atomic E-state index is 12.1. The van der Waals surface area contributed by atoms with Crippen LogP contribution in [0.15, 0.2) is 48.8 Å². The molecule has 1 amide bonds. The van der Waals surface area contributed by atoms with Crippen molar-refractivity contribution in [3.05, 3.63) is 60.0 Å². The second kappa shape index (κ2) is 6.30. The molecule has 0 saturated carbocycles. The van der Waals surface area contributed by atoms with Gasteiger partial charge < -0.3 is 15.0 Å². The zero-order valence-electron chi connectivity index (χ0n) is 12.3. The molecule has 3 aromatic rings. The first-order chi connectivity index (χ1) is 10.8. The molecule has 2 aromatic heterocycles. The second-order valence-electron chi connectivity index (χ2n) is 4.89. The number of ether oxygens (including phenoxy) is 1. The molecular formula is C17H17N3O2. The number of fused-ring (bicyclic) bond motifs is 1. The summed E-state index contributed by atoms with van der Waals surface area (Å²) in [6.07, 6.45) is 3.46. The van der Waals surface area contributed by atoms with Crippen LogP contribution in [0.4, 0.5) is 0 Å². The fourth-order valence-corrected chi connectivity index (χ4v) is 2.24. The highest BCUT2D eigenvalue weighted by Crippen LogP contribution is 2.14. The van der Waals surface area contributed by atoms with Gasteiger partial charge in [0.2, 0.25) is 0 Å². The number of aromatic nitrogens is 2. The van der Waals surface area contributed by atoms with Crippen LogP contribution >= 0.6 is 0 Å². The Kier molecular flexibility index (Phi) is 4.05. The van der Waals surface area contributed by atoms with Crippen LogP contribution in [0.25, 0.3) is 10.9 Å². The molecule has 0 aliphatic carbocycles. The minimum absolute atomic E-state index is 0.199. The van der Waals surface area contributed by atoms with Gasteiger partial charge >= 0.3 is 0 Å². The normalized spacial score (nSPS) is 10.6. The molecule has 0 spiro atoms. The highest BCUT2D eigenvalue weighted by molar-refractivity contribution is 5.92. The summed E-state index contributed by atoms with van der Waals surface area (Å²) >= 11 is 0. The molecule has 3 rings (SSSR count). The smallest absolute Gasteiger partial charge is 0.270 e. The monoisotopic (exact) mass is 295 g/mol. The summed E-state index contributed by atoms with van der Waals surface area (Å²) in [6.45, 7) is 2.94. The lowest BCUT2D eigenvalue weighted by Crippen LogP contribution is -2.23. The van der Waals surface area contributed by atoms with Gasteiger partial charge in [0, 0.05) is 18.3 Å². The molecule has 0 aliphatic heterocycles. The van der Waals surface area contributed by atoms with E-state index in [1.807, 2.05) is 37.4 Å². The van der Waals surface area contributed by atoms with E-state index in [9.17, 15) is 4.79 Å². The van der Waals surface area contributed by atoms with Crippen LogP contribution < -0.4 is 10.1 Å². The van der Waals surface area contributed by atoms with Crippen molar-refractivity contribution in [3.8, 4) is 5.75 Å². The molecule has 5 heteroatoms. The highest BCUT2D eigenvalue weighted by atomic mass is 16.5. The fourth-order valence-electron chi connectivity index (χ4n) is 2.24. The van der Waals surface area contributed by atoms with E-state index in [0.29, 0.717) is 24.6 Å². The minimum atomic E-state index is -0.199. The Hall–Kier alpha value is -2.82. The summed E-state index contributed by atoms with van der Waals surface area (Å²) < 4.78 is 5.31. The van der Waals surface area contributed by atoms with Crippen molar-refractivity contribution in [1.29, 1.82) is 0 Å². The Bertz CT molecular complexity index is 778. The Morgan fingerprint density at radius 3 is 2.95 bits per heavy atom. The zero-order chi connectivity index (χ0) is 15.4. The van der Waals surface area contributed by atoms with Gasteiger partial charge in [0.15, 0.2) is 0 Å². The average molecular weight is 295 g/mol. The SMILES string of the molecule is CCOc1ccc(C(=O)NCc2ccc3cc[nH]c3c2)nc1. The maximum Gasteiger partial charge on any atom is 0.270 e. The Balaban J connectivity index is 1.63. The van der Waals surface area contributed by atoms with E-state index in [1.54, 1.807) is 18.3 Å². The number of carbonyl (C=O) groups is 1. The van der Waals surface area contributed by atoms with Crippen LogP contribution in [0.3, 0.4) is 0 Å². The van der Waals surface area contributed by atoms with Crippen molar-refractivity contribution in [2.45, 2.75) is 13.5 Å². The molecule has 0 saturated heterocycles. The van der Waals surface area contributed by atoms with E-state index in [1.165, 1.54) is 0 Å². The third-order valence-corrected chi connectivity index (χ3v) is 3.35. The van der Waals surface area contributed by atoms with Crippen molar-refractivity contribution in [1.82, 2.24) is 15.3 Å². The number of amides is 1. The first-order valence-electron chi connectivity index (χ1n) is 7.19. The van der Waals surface area contributed by atoms with Crippen molar-refractivity contribution in [2.75, 3.05) is 6.61 Å². The number of H-pyrrole nitrogens is 1. The molecule has 0 radical (unpaired) electrons. The Morgan fingerprint density at radius 1 is 1.27 bits per heavy atom. The number of benzene rings is 1. The molecule has 22 heavy (non-hydrogen) atoms. The van der Waals surface area contributed by atoms with Gasteiger partial charge in [-0.2, -0.15) is 0 Å². The Labute approximate surface area is 128 Å². The largest absolute Gasteiger partial charge is 0.492 e. The molecule has 0 bridgehead atoms. The molecule has 0 aliphatic rings. The van der Waals surface area contributed by atoms with E-state index in [-0.39, 0.29) is 5.91 Å².